The number of nitrogens with zero attached hydrogens (tertiary/aromatic N) is 3. The van der Waals surface area contributed by atoms with E-state index in [-0.39, 0.29) is 16.6 Å². The summed E-state index contributed by atoms with van der Waals surface area (Å²) in [4.78, 5) is 10.5. The molecule has 9 aromatic rings. The molecule has 2 aromatic heterocycles. The molecular weight excluding hydrogens is 731 g/mol. The van der Waals surface area contributed by atoms with Crippen molar-refractivity contribution >= 4 is 21.9 Å². The molecule has 4 nitrogen and oxygen atoms in total. The maximum absolute atomic E-state index is 11.3. The summed E-state index contributed by atoms with van der Waals surface area (Å²) in [5.74, 6) is 0.876. The van der Waals surface area contributed by atoms with Crippen LogP contribution in [0.2, 0.25) is 0 Å². The highest BCUT2D eigenvalue weighted by Gasteiger charge is 2.27. The Morgan fingerprint density at radius 1 is 0.517 bits per heavy atom. The smallest absolute Gasteiger partial charge is 0.149 e. The van der Waals surface area contributed by atoms with Crippen LogP contribution in [-0.4, -0.2) is 19.6 Å². The van der Waals surface area contributed by atoms with Crippen molar-refractivity contribution in [2.24, 2.45) is 0 Å². The van der Waals surface area contributed by atoms with Gasteiger partial charge in [0.2, 0.25) is 0 Å². The van der Waals surface area contributed by atoms with E-state index < -0.39 is 0 Å². The highest BCUT2D eigenvalue weighted by atomic mass is 16.3. The van der Waals surface area contributed by atoms with Gasteiger partial charge in [-0.25, -0.2) is 4.98 Å². The number of para-hydroxylation sites is 2. The molecule has 0 aliphatic heterocycles. The van der Waals surface area contributed by atoms with E-state index in [1.807, 2.05) is 30.5 Å². The summed E-state index contributed by atoms with van der Waals surface area (Å²) in [6.45, 7) is 17.9. The van der Waals surface area contributed by atoms with Gasteiger partial charge in [0.1, 0.15) is 11.6 Å². The predicted octanol–water partition coefficient (Wildman–Crippen LogP) is 14.5. The molecule has 7 aromatic carbocycles. The molecule has 0 bridgehead atoms. The number of aromatic nitrogens is 3. The number of aryl methyl sites for hydroxylation is 3. The zero-order chi connectivity index (χ0) is 41.9. The number of aromatic hydroxyl groups is 1. The minimum Gasteiger partial charge on any atom is -0.507 e. The first-order valence-electron chi connectivity index (χ1n) is 20.9. The van der Waals surface area contributed by atoms with Gasteiger partial charge in [0.15, 0.2) is 0 Å². The van der Waals surface area contributed by atoms with Gasteiger partial charge in [-0.1, -0.05) is 137 Å². The molecule has 0 amide bonds. The van der Waals surface area contributed by atoms with Crippen molar-refractivity contribution in [3.8, 4) is 56.2 Å². The summed E-state index contributed by atoms with van der Waals surface area (Å²) in [5.41, 5.74) is 18.3. The third-order valence-corrected chi connectivity index (χ3v) is 12.3. The van der Waals surface area contributed by atoms with Gasteiger partial charge in [-0.2, -0.15) is 0 Å². The molecule has 0 aliphatic rings. The monoisotopic (exact) mass is 781 g/mol. The average molecular weight is 782 g/mol. The Morgan fingerprint density at radius 2 is 1.18 bits per heavy atom. The van der Waals surface area contributed by atoms with Crippen LogP contribution in [0.1, 0.15) is 68.0 Å². The van der Waals surface area contributed by atoms with E-state index in [4.69, 9.17) is 9.97 Å². The largest absolute Gasteiger partial charge is 0.507 e. The summed E-state index contributed by atoms with van der Waals surface area (Å²) >= 11 is 0. The maximum atomic E-state index is 11.3. The van der Waals surface area contributed by atoms with Gasteiger partial charge in [0.25, 0.3) is 0 Å². The number of fused-ring (bicyclic) bond motifs is 2. The second-order valence-electron chi connectivity index (χ2n) is 17.9. The van der Waals surface area contributed by atoms with Crippen LogP contribution in [0.4, 0.5) is 0 Å². The number of hydrogen-bond acceptors (Lipinski definition) is 3. The highest BCUT2D eigenvalue weighted by molar-refractivity contribution is 6.01. The third kappa shape index (κ3) is 6.86. The van der Waals surface area contributed by atoms with Gasteiger partial charge in [0.05, 0.1) is 22.1 Å². The number of pyridine rings is 1. The molecule has 0 saturated carbocycles. The summed E-state index contributed by atoms with van der Waals surface area (Å²) < 4.78 is 2.19. The van der Waals surface area contributed by atoms with E-state index >= 15 is 0 Å². The van der Waals surface area contributed by atoms with Crippen LogP contribution in [0.5, 0.6) is 5.75 Å². The summed E-state index contributed by atoms with van der Waals surface area (Å²) in [7, 11) is 0. The molecule has 2 heterocycles. The number of hydrogen-bond donors (Lipinski definition) is 1. The van der Waals surface area contributed by atoms with Crippen LogP contribution >= 0.6 is 0 Å². The lowest BCUT2D eigenvalue weighted by atomic mass is 9.76. The lowest BCUT2D eigenvalue weighted by Gasteiger charge is -2.28. The first-order valence-corrected chi connectivity index (χ1v) is 20.9. The summed E-state index contributed by atoms with van der Waals surface area (Å²) in [6.07, 6.45) is 1.90. The van der Waals surface area contributed by atoms with Crippen molar-refractivity contribution in [2.75, 3.05) is 0 Å². The molecule has 0 spiro atoms. The van der Waals surface area contributed by atoms with Crippen LogP contribution in [0.3, 0.4) is 0 Å². The topological polar surface area (TPSA) is 50.9 Å². The summed E-state index contributed by atoms with van der Waals surface area (Å²) in [6, 6.07) is 53.8. The van der Waals surface area contributed by atoms with Gasteiger partial charge in [-0.05, 0) is 131 Å². The van der Waals surface area contributed by atoms with Crippen molar-refractivity contribution in [2.45, 2.75) is 66.2 Å². The molecule has 0 radical (unpaired) electrons. The second kappa shape index (κ2) is 14.8. The summed E-state index contributed by atoms with van der Waals surface area (Å²) in [5, 5.41) is 12.4. The zero-order valence-corrected chi connectivity index (χ0v) is 35.8. The van der Waals surface area contributed by atoms with E-state index in [9.17, 15) is 5.11 Å². The first kappa shape index (κ1) is 38.7. The van der Waals surface area contributed by atoms with E-state index in [1.54, 1.807) is 6.07 Å². The molecule has 0 unspecified atom stereocenters. The van der Waals surface area contributed by atoms with E-state index in [2.05, 4.69) is 181 Å². The fourth-order valence-corrected chi connectivity index (χ4v) is 9.06. The third-order valence-electron chi connectivity index (χ3n) is 12.3. The fourth-order valence-electron chi connectivity index (χ4n) is 9.06. The molecule has 0 fully saturated rings. The van der Waals surface area contributed by atoms with E-state index in [0.717, 1.165) is 49.9 Å². The lowest BCUT2D eigenvalue weighted by Crippen LogP contribution is -2.19. The van der Waals surface area contributed by atoms with Crippen molar-refractivity contribution in [3.05, 3.63) is 191 Å². The number of phenolic OH excluding ortho intramolecular Hbond substituents is 1. The Kier molecular flexibility index (Phi) is 9.55. The van der Waals surface area contributed by atoms with Gasteiger partial charge in [-0.3, -0.25) is 9.55 Å². The minimum absolute atomic E-state index is 0.0116. The molecule has 4 heteroatoms. The van der Waals surface area contributed by atoms with Crippen LogP contribution in [0.25, 0.3) is 72.4 Å². The van der Waals surface area contributed by atoms with Crippen LogP contribution in [-0.2, 0) is 10.8 Å². The highest BCUT2D eigenvalue weighted by Crippen LogP contribution is 2.43. The average Bonchev–Trinajstić information content (AvgIpc) is 3.63. The zero-order valence-electron chi connectivity index (χ0n) is 35.8. The number of phenols is 1. The molecule has 9 rings (SSSR count). The van der Waals surface area contributed by atoms with Crippen LogP contribution in [0, 0.1) is 20.8 Å². The lowest BCUT2D eigenvalue weighted by molar-refractivity contribution is 0.477. The van der Waals surface area contributed by atoms with Gasteiger partial charge < -0.3 is 5.11 Å². The molecule has 1 N–H and O–H groups in total. The van der Waals surface area contributed by atoms with Crippen molar-refractivity contribution in [3.63, 3.8) is 0 Å². The van der Waals surface area contributed by atoms with Crippen molar-refractivity contribution < 1.29 is 5.11 Å². The molecule has 0 atom stereocenters. The number of imidazole rings is 1. The Bertz CT molecular complexity index is 3050. The Hall–Kier alpha value is -6.78. The molecule has 0 saturated heterocycles. The number of benzene rings is 7. The molecule has 0 aliphatic carbocycles. The quantitative estimate of drug-likeness (QED) is 0.175. The normalized spacial score (nSPS) is 12.1. The molecular formula is C56H51N3O. The van der Waals surface area contributed by atoms with E-state index in [1.165, 1.54) is 44.5 Å². The standard InChI is InChI=1S/C56H51N3O/c1-35-28-36(2)51(37(3)29-35)41-30-38-16-15-27-57-52(38)48(34-41)40-31-39(32-44(33-40)56(7,8)43-17-10-9-11-18-43)46-20-14-21-49-53(46)58-54(47-19-12-13-22-50(47)60)59(49)45-25-23-42(24-26-45)55(4,5)6/h9-34,60H,1-8H3. The predicted molar refractivity (Wildman–Crippen MR) is 251 cm³/mol. The van der Waals surface area contributed by atoms with Gasteiger partial charge >= 0.3 is 0 Å². The number of rotatable bonds is 7. The SMILES string of the molecule is Cc1cc(C)c(-c2cc(-c3cc(-c4cccc5c4nc(-c4ccccc4O)n5-c4ccc(C(C)(C)C)cc4)cc(C(C)(C)c4ccccc4)c3)c3ncccc3c2)c(C)c1. The van der Waals surface area contributed by atoms with Crippen LogP contribution in [0.15, 0.2) is 158 Å². The molecule has 296 valence electrons. The Balaban J connectivity index is 1.33. The van der Waals surface area contributed by atoms with Crippen molar-refractivity contribution in [1.82, 2.24) is 14.5 Å². The van der Waals surface area contributed by atoms with Gasteiger partial charge in [0, 0.05) is 33.8 Å². The molecule has 60 heavy (non-hydrogen) atoms. The Labute approximate surface area is 353 Å². The van der Waals surface area contributed by atoms with E-state index in [0.29, 0.717) is 11.4 Å². The van der Waals surface area contributed by atoms with Gasteiger partial charge in [-0.15, -0.1) is 0 Å². The fraction of sp³-hybridized carbons (Fsp3) is 0.179. The second-order valence-corrected chi connectivity index (χ2v) is 17.9. The Morgan fingerprint density at radius 3 is 1.88 bits per heavy atom. The van der Waals surface area contributed by atoms with Crippen molar-refractivity contribution in [1.29, 1.82) is 0 Å². The maximum Gasteiger partial charge on any atom is 0.149 e. The van der Waals surface area contributed by atoms with Crippen LogP contribution < -0.4 is 0 Å². The first-order chi connectivity index (χ1) is 28.8. The minimum atomic E-state index is -0.333.